The van der Waals surface area contributed by atoms with Crippen molar-refractivity contribution in [2.75, 3.05) is 11.6 Å². The lowest BCUT2D eigenvalue weighted by Crippen LogP contribution is -2.24. The van der Waals surface area contributed by atoms with Crippen LogP contribution in [0.15, 0.2) is 48.8 Å². The van der Waals surface area contributed by atoms with Crippen LogP contribution in [0.3, 0.4) is 0 Å². The molecular weight excluding hydrogens is 268 g/mol. The predicted octanol–water partition coefficient (Wildman–Crippen LogP) is 3.83. The highest BCUT2D eigenvalue weighted by atomic mass is 32.2. The lowest BCUT2D eigenvalue weighted by molar-refractivity contribution is -0.115. The molecule has 0 aliphatic rings. The average molecular weight is 286 g/mol. The van der Waals surface area contributed by atoms with E-state index in [0.717, 1.165) is 23.2 Å². The van der Waals surface area contributed by atoms with Gasteiger partial charge in [-0.15, -0.1) is 0 Å². The Morgan fingerprint density at radius 1 is 1.30 bits per heavy atom. The zero-order chi connectivity index (χ0) is 14.4. The summed E-state index contributed by atoms with van der Waals surface area (Å²) in [5, 5.41) is 2.99. The van der Waals surface area contributed by atoms with E-state index in [0.29, 0.717) is 0 Å². The lowest BCUT2D eigenvalue weighted by Gasteiger charge is -2.15. The second-order valence-corrected chi connectivity index (χ2v) is 5.45. The Morgan fingerprint density at radius 2 is 2.05 bits per heavy atom. The molecule has 3 nitrogen and oxygen atoms in total. The van der Waals surface area contributed by atoms with E-state index in [-0.39, 0.29) is 11.2 Å². The zero-order valence-electron chi connectivity index (χ0n) is 11.7. The molecule has 1 amide bonds. The summed E-state index contributed by atoms with van der Waals surface area (Å²) in [4.78, 5) is 16.4. The van der Waals surface area contributed by atoms with Crippen LogP contribution in [0.25, 0.3) is 11.1 Å². The van der Waals surface area contributed by atoms with Gasteiger partial charge in [-0.25, -0.2) is 0 Å². The molecule has 0 saturated heterocycles. The minimum Gasteiger partial charge on any atom is -0.324 e. The summed E-state index contributed by atoms with van der Waals surface area (Å²) in [6, 6.07) is 11.8. The third-order valence-electron chi connectivity index (χ3n) is 3.11. The van der Waals surface area contributed by atoms with Crippen LogP contribution >= 0.6 is 11.8 Å². The van der Waals surface area contributed by atoms with Crippen molar-refractivity contribution in [2.24, 2.45) is 0 Å². The van der Waals surface area contributed by atoms with Gasteiger partial charge in [0, 0.05) is 18.0 Å². The maximum Gasteiger partial charge on any atom is 0.237 e. The van der Waals surface area contributed by atoms with Gasteiger partial charge in [-0.05, 0) is 24.3 Å². The Hall–Kier alpha value is -1.81. The number of nitrogens with zero attached hydrogens (tertiary/aromatic N) is 1. The topological polar surface area (TPSA) is 42.0 Å². The van der Waals surface area contributed by atoms with E-state index in [1.54, 1.807) is 24.2 Å². The minimum absolute atomic E-state index is 0.0215. The number of thioether (sulfide) groups is 1. The number of carbonyl (C=O) groups is 1. The molecular formula is C16H18N2OS. The number of hydrogen-bond acceptors (Lipinski definition) is 3. The van der Waals surface area contributed by atoms with Crippen molar-refractivity contribution in [1.29, 1.82) is 0 Å². The molecule has 0 radical (unpaired) electrons. The number of amides is 1. The molecule has 0 spiro atoms. The summed E-state index contributed by atoms with van der Waals surface area (Å²) in [5.41, 5.74) is 2.80. The number of hydrogen-bond donors (Lipinski definition) is 1. The average Bonchev–Trinajstić information content (AvgIpc) is 2.50. The maximum atomic E-state index is 12.2. The summed E-state index contributed by atoms with van der Waals surface area (Å²) in [6.07, 6.45) is 6.25. The fraction of sp³-hybridized carbons (Fsp3) is 0.250. The molecule has 1 aromatic carbocycles. The summed E-state index contributed by atoms with van der Waals surface area (Å²) in [6.45, 7) is 2.02. The van der Waals surface area contributed by atoms with Crippen molar-refractivity contribution in [3.8, 4) is 11.1 Å². The van der Waals surface area contributed by atoms with Gasteiger partial charge in [0.25, 0.3) is 0 Å². The lowest BCUT2D eigenvalue weighted by atomic mass is 10.1. The SMILES string of the molecule is CCC(SC)C(=O)Nc1ccncc1-c1ccccc1. The van der Waals surface area contributed by atoms with Crippen LogP contribution < -0.4 is 5.32 Å². The number of aromatic nitrogens is 1. The molecule has 20 heavy (non-hydrogen) atoms. The first-order valence-electron chi connectivity index (χ1n) is 6.59. The number of pyridine rings is 1. The number of benzene rings is 1. The van der Waals surface area contributed by atoms with Crippen molar-refractivity contribution < 1.29 is 4.79 Å². The first-order chi connectivity index (χ1) is 9.76. The molecule has 0 fully saturated rings. The summed E-state index contributed by atoms with van der Waals surface area (Å²) in [5.74, 6) is 0.0448. The molecule has 2 rings (SSSR count). The third-order valence-corrected chi connectivity index (χ3v) is 4.23. The van der Waals surface area contributed by atoms with Gasteiger partial charge in [-0.3, -0.25) is 9.78 Å². The van der Waals surface area contributed by atoms with Gasteiger partial charge in [-0.2, -0.15) is 11.8 Å². The van der Waals surface area contributed by atoms with Crippen molar-refractivity contribution in [3.63, 3.8) is 0 Å². The molecule has 0 bridgehead atoms. The van der Waals surface area contributed by atoms with Gasteiger partial charge in [0.2, 0.25) is 5.91 Å². The maximum absolute atomic E-state index is 12.2. The molecule has 1 unspecified atom stereocenters. The Balaban J connectivity index is 2.27. The van der Waals surface area contributed by atoms with Gasteiger partial charge in [0.15, 0.2) is 0 Å². The molecule has 0 aliphatic heterocycles. The second-order valence-electron chi connectivity index (χ2n) is 4.41. The molecule has 1 heterocycles. The first-order valence-corrected chi connectivity index (χ1v) is 7.88. The van der Waals surface area contributed by atoms with Crippen molar-refractivity contribution in [2.45, 2.75) is 18.6 Å². The van der Waals surface area contributed by atoms with E-state index >= 15 is 0 Å². The Bertz CT molecular complexity index is 568. The highest BCUT2D eigenvalue weighted by Gasteiger charge is 2.16. The van der Waals surface area contributed by atoms with Crippen LogP contribution in [0.1, 0.15) is 13.3 Å². The van der Waals surface area contributed by atoms with E-state index in [4.69, 9.17) is 0 Å². The molecule has 0 saturated carbocycles. The van der Waals surface area contributed by atoms with E-state index < -0.39 is 0 Å². The van der Waals surface area contributed by atoms with Crippen LogP contribution in [0, 0.1) is 0 Å². The number of carbonyl (C=O) groups excluding carboxylic acids is 1. The molecule has 2 aromatic rings. The van der Waals surface area contributed by atoms with Gasteiger partial charge in [0.1, 0.15) is 0 Å². The van der Waals surface area contributed by atoms with E-state index in [2.05, 4.69) is 10.3 Å². The number of nitrogens with one attached hydrogen (secondary N) is 1. The second kappa shape index (κ2) is 7.10. The third kappa shape index (κ3) is 3.39. The molecule has 0 aliphatic carbocycles. The summed E-state index contributed by atoms with van der Waals surface area (Å²) in [7, 11) is 0. The minimum atomic E-state index is -0.0215. The van der Waals surface area contributed by atoms with Crippen LogP contribution in [0.2, 0.25) is 0 Å². The summed E-state index contributed by atoms with van der Waals surface area (Å²) >= 11 is 1.57. The van der Waals surface area contributed by atoms with Crippen molar-refractivity contribution in [3.05, 3.63) is 48.8 Å². The van der Waals surface area contributed by atoms with Crippen LogP contribution in [-0.4, -0.2) is 22.4 Å². The van der Waals surface area contributed by atoms with Crippen LogP contribution in [0.4, 0.5) is 5.69 Å². The van der Waals surface area contributed by atoms with Crippen molar-refractivity contribution >= 4 is 23.4 Å². The van der Waals surface area contributed by atoms with Gasteiger partial charge >= 0.3 is 0 Å². The number of anilines is 1. The van der Waals surface area contributed by atoms with E-state index in [9.17, 15) is 4.79 Å². The Morgan fingerprint density at radius 3 is 2.70 bits per heavy atom. The number of rotatable bonds is 5. The molecule has 1 N–H and O–H groups in total. The van der Waals surface area contributed by atoms with Crippen molar-refractivity contribution in [1.82, 2.24) is 4.98 Å². The van der Waals surface area contributed by atoms with E-state index in [1.807, 2.05) is 49.6 Å². The highest BCUT2D eigenvalue weighted by molar-refractivity contribution is 7.99. The molecule has 4 heteroatoms. The van der Waals surface area contributed by atoms with Gasteiger partial charge in [0.05, 0.1) is 10.9 Å². The zero-order valence-corrected chi connectivity index (χ0v) is 12.5. The predicted molar refractivity (Wildman–Crippen MR) is 85.9 cm³/mol. The smallest absolute Gasteiger partial charge is 0.237 e. The molecule has 104 valence electrons. The standard InChI is InChI=1S/C16H18N2OS/c1-3-15(20-2)16(19)18-14-9-10-17-11-13(14)12-7-5-4-6-8-12/h4-11,15H,3H2,1-2H3,(H,17,18,19). The fourth-order valence-electron chi connectivity index (χ4n) is 2.02. The molecule has 1 aromatic heterocycles. The van der Waals surface area contributed by atoms with Crippen LogP contribution in [0.5, 0.6) is 0 Å². The molecule has 1 atom stereocenters. The van der Waals surface area contributed by atoms with Gasteiger partial charge < -0.3 is 5.32 Å². The Kier molecular flexibility index (Phi) is 5.18. The van der Waals surface area contributed by atoms with E-state index in [1.165, 1.54) is 0 Å². The fourth-order valence-corrected chi connectivity index (χ4v) is 2.63. The highest BCUT2D eigenvalue weighted by Crippen LogP contribution is 2.27. The normalized spacial score (nSPS) is 11.9. The van der Waals surface area contributed by atoms with Crippen LogP contribution in [-0.2, 0) is 4.79 Å². The quantitative estimate of drug-likeness (QED) is 0.908. The van der Waals surface area contributed by atoms with Gasteiger partial charge in [-0.1, -0.05) is 37.3 Å². The summed E-state index contributed by atoms with van der Waals surface area (Å²) < 4.78 is 0. The first kappa shape index (κ1) is 14.6. The Labute approximate surface area is 123 Å². The monoisotopic (exact) mass is 286 g/mol. The largest absolute Gasteiger partial charge is 0.324 e.